The van der Waals surface area contributed by atoms with Crippen LogP contribution in [0.3, 0.4) is 0 Å². The standard InChI is InChI=1S/C13H16FN5/c14-11-3-1-2-4-12(11)19-10-16-17-13(19)9-18-7-5-15-6-8-18/h1-4,10,15H,5-9H2. The van der Waals surface area contributed by atoms with E-state index in [0.717, 1.165) is 32.0 Å². The van der Waals surface area contributed by atoms with E-state index in [1.165, 1.54) is 6.07 Å². The average Bonchev–Trinajstić information content (AvgIpc) is 2.88. The van der Waals surface area contributed by atoms with Crippen LogP contribution in [0, 0.1) is 5.82 Å². The number of nitrogens with one attached hydrogen (secondary N) is 1. The lowest BCUT2D eigenvalue weighted by atomic mass is 10.3. The van der Waals surface area contributed by atoms with Crippen molar-refractivity contribution in [1.82, 2.24) is 25.0 Å². The SMILES string of the molecule is Fc1ccccc1-n1cnnc1CN1CCNCC1. The van der Waals surface area contributed by atoms with Crippen LogP contribution in [-0.4, -0.2) is 45.8 Å². The van der Waals surface area contributed by atoms with Crippen molar-refractivity contribution in [2.75, 3.05) is 26.2 Å². The molecule has 1 aliphatic rings. The van der Waals surface area contributed by atoms with Crippen LogP contribution in [-0.2, 0) is 6.54 Å². The van der Waals surface area contributed by atoms with E-state index in [2.05, 4.69) is 20.4 Å². The molecule has 0 bridgehead atoms. The third-order valence-electron chi connectivity index (χ3n) is 3.30. The number of aromatic nitrogens is 3. The monoisotopic (exact) mass is 261 g/mol. The Kier molecular flexibility index (Phi) is 3.52. The van der Waals surface area contributed by atoms with Crippen LogP contribution in [0.5, 0.6) is 0 Å². The first-order chi connectivity index (χ1) is 9.34. The number of benzene rings is 1. The molecule has 0 aliphatic carbocycles. The Balaban J connectivity index is 1.84. The van der Waals surface area contributed by atoms with Gasteiger partial charge in [0.15, 0.2) is 5.82 Å². The highest BCUT2D eigenvalue weighted by molar-refractivity contribution is 5.33. The van der Waals surface area contributed by atoms with E-state index in [9.17, 15) is 4.39 Å². The van der Waals surface area contributed by atoms with E-state index in [1.54, 1.807) is 23.0 Å². The van der Waals surface area contributed by atoms with Crippen LogP contribution in [0.2, 0.25) is 0 Å². The molecule has 2 heterocycles. The first kappa shape index (κ1) is 12.3. The first-order valence-corrected chi connectivity index (χ1v) is 6.41. The van der Waals surface area contributed by atoms with Crippen molar-refractivity contribution in [3.63, 3.8) is 0 Å². The molecule has 1 saturated heterocycles. The maximum atomic E-state index is 13.8. The summed E-state index contributed by atoms with van der Waals surface area (Å²) in [6.45, 7) is 4.60. The summed E-state index contributed by atoms with van der Waals surface area (Å²) in [7, 11) is 0. The van der Waals surface area contributed by atoms with Gasteiger partial charge in [-0.05, 0) is 12.1 Å². The Morgan fingerprint density at radius 1 is 1.21 bits per heavy atom. The molecule has 2 aromatic rings. The third kappa shape index (κ3) is 2.64. The molecule has 0 atom stereocenters. The topological polar surface area (TPSA) is 46.0 Å². The summed E-state index contributed by atoms with van der Waals surface area (Å²) in [5, 5.41) is 11.3. The molecule has 0 radical (unpaired) electrons. The molecule has 1 fully saturated rings. The molecule has 100 valence electrons. The normalized spacial score (nSPS) is 16.7. The van der Waals surface area contributed by atoms with Crippen molar-refractivity contribution in [2.45, 2.75) is 6.54 Å². The van der Waals surface area contributed by atoms with E-state index in [0.29, 0.717) is 12.2 Å². The van der Waals surface area contributed by atoms with Gasteiger partial charge >= 0.3 is 0 Å². The maximum absolute atomic E-state index is 13.8. The summed E-state index contributed by atoms with van der Waals surface area (Å²) >= 11 is 0. The molecule has 0 amide bonds. The number of piperazine rings is 1. The Bertz CT molecular complexity index is 547. The molecule has 6 heteroatoms. The van der Waals surface area contributed by atoms with E-state index >= 15 is 0 Å². The van der Waals surface area contributed by atoms with Gasteiger partial charge in [-0.3, -0.25) is 9.47 Å². The molecule has 0 unspecified atom stereocenters. The molecule has 19 heavy (non-hydrogen) atoms. The molecule has 1 aromatic heterocycles. The fourth-order valence-electron chi connectivity index (χ4n) is 2.28. The minimum atomic E-state index is -0.260. The Labute approximate surface area is 111 Å². The van der Waals surface area contributed by atoms with Crippen LogP contribution < -0.4 is 5.32 Å². The zero-order valence-electron chi connectivity index (χ0n) is 10.6. The van der Waals surface area contributed by atoms with Crippen LogP contribution in [0.25, 0.3) is 5.69 Å². The highest BCUT2D eigenvalue weighted by Gasteiger charge is 2.15. The predicted molar refractivity (Wildman–Crippen MR) is 69.5 cm³/mol. The van der Waals surface area contributed by atoms with Gasteiger partial charge in [0.25, 0.3) is 0 Å². The van der Waals surface area contributed by atoms with Gasteiger partial charge in [-0.15, -0.1) is 10.2 Å². The molecular formula is C13H16FN5. The van der Waals surface area contributed by atoms with Crippen molar-refractivity contribution < 1.29 is 4.39 Å². The fraction of sp³-hybridized carbons (Fsp3) is 0.385. The minimum absolute atomic E-state index is 0.260. The largest absolute Gasteiger partial charge is 0.314 e. The van der Waals surface area contributed by atoms with Crippen molar-refractivity contribution in [3.8, 4) is 5.69 Å². The van der Waals surface area contributed by atoms with E-state index in [4.69, 9.17) is 0 Å². The van der Waals surface area contributed by atoms with E-state index < -0.39 is 0 Å². The zero-order valence-corrected chi connectivity index (χ0v) is 10.6. The highest BCUT2D eigenvalue weighted by Crippen LogP contribution is 2.15. The molecule has 3 rings (SSSR count). The number of hydrogen-bond acceptors (Lipinski definition) is 4. The Hall–Kier alpha value is -1.79. The van der Waals surface area contributed by atoms with Crippen molar-refractivity contribution in [3.05, 3.63) is 42.2 Å². The summed E-state index contributed by atoms with van der Waals surface area (Å²) in [5.74, 6) is 0.510. The molecule has 1 aromatic carbocycles. The predicted octanol–water partition coefficient (Wildman–Crippen LogP) is 0.812. The zero-order chi connectivity index (χ0) is 13.1. The molecule has 0 saturated carbocycles. The number of rotatable bonds is 3. The summed E-state index contributed by atoms with van der Waals surface area (Å²) in [6.07, 6.45) is 1.57. The van der Waals surface area contributed by atoms with Crippen molar-refractivity contribution in [1.29, 1.82) is 0 Å². The van der Waals surface area contributed by atoms with Gasteiger partial charge in [-0.1, -0.05) is 12.1 Å². The number of para-hydroxylation sites is 1. The minimum Gasteiger partial charge on any atom is -0.314 e. The lowest BCUT2D eigenvalue weighted by Crippen LogP contribution is -2.43. The van der Waals surface area contributed by atoms with Gasteiger partial charge < -0.3 is 5.32 Å². The molecular weight excluding hydrogens is 245 g/mol. The molecule has 0 spiro atoms. The van der Waals surface area contributed by atoms with Gasteiger partial charge in [0.1, 0.15) is 12.1 Å². The number of nitrogens with zero attached hydrogens (tertiary/aromatic N) is 4. The first-order valence-electron chi connectivity index (χ1n) is 6.41. The summed E-state index contributed by atoms with van der Waals surface area (Å²) in [6, 6.07) is 6.68. The molecule has 5 nitrogen and oxygen atoms in total. The van der Waals surface area contributed by atoms with Gasteiger partial charge in [0, 0.05) is 26.2 Å². The highest BCUT2D eigenvalue weighted by atomic mass is 19.1. The maximum Gasteiger partial charge on any atom is 0.151 e. The smallest absolute Gasteiger partial charge is 0.151 e. The lowest BCUT2D eigenvalue weighted by molar-refractivity contribution is 0.226. The number of halogens is 1. The molecule has 1 N–H and O–H groups in total. The van der Waals surface area contributed by atoms with E-state index in [-0.39, 0.29) is 5.82 Å². The van der Waals surface area contributed by atoms with Crippen LogP contribution in [0.15, 0.2) is 30.6 Å². The number of hydrogen-bond donors (Lipinski definition) is 1. The summed E-state index contributed by atoms with van der Waals surface area (Å²) < 4.78 is 15.5. The lowest BCUT2D eigenvalue weighted by Gasteiger charge is -2.26. The average molecular weight is 261 g/mol. The fourth-order valence-corrected chi connectivity index (χ4v) is 2.28. The van der Waals surface area contributed by atoms with Crippen molar-refractivity contribution in [2.24, 2.45) is 0 Å². The van der Waals surface area contributed by atoms with E-state index in [1.807, 2.05) is 6.07 Å². The summed E-state index contributed by atoms with van der Waals surface area (Å²) in [5.41, 5.74) is 0.498. The summed E-state index contributed by atoms with van der Waals surface area (Å²) in [4.78, 5) is 2.29. The molecule has 1 aliphatic heterocycles. The van der Waals surface area contributed by atoms with Gasteiger partial charge in [-0.25, -0.2) is 4.39 Å². The van der Waals surface area contributed by atoms with Crippen LogP contribution in [0.4, 0.5) is 4.39 Å². The van der Waals surface area contributed by atoms with Crippen LogP contribution >= 0.6 is 0 Å². The van der Waals surface area contributed by atoms with Crippen LogP contribution in [0.1, 0.15) is 5.82 Å². The third-order valence-corrected chi connectivity index (χ3v) is 3.30. The Morgan fingerprint density at radius 3 is 2.79 bits per heavy atom. The second-order valence-electron chi connectivity index (χ2n) is 4.59. The van der Waals surface area contributed by atoms with Gasteiger partial charge in [-0.2, -0.15) is 0 Å². The Morgan fingerprint density at radius 2 is 2.00 bits per heavy atom. The van der Waals surface area contributed by atoms with Gasteiger partial charge in [0.05, 0.1) is 12.2 Å². The van der Waals surface area contributed by atoms with Gasteiger partial charge in [0.2, 0.25) is 0 Å². The second-order valence-corrected chi connectivity index (χ2v) is 4.59. The second kappa shape index (κ2) is 5.46. The quantitative estimate of drug-likeness (QED) is 0.888. The van der Waals surface area contributed by atoms with Crippen molar-refractivity contribution >= 4 is 0 Å².